The number of pyridine rings is 1. The number of aromatic nitrogens is 3. The monoisotopic (exact) mass is 855 g/mol. The molecule has 0 amide bonds. The van der Waals surface area contributed by atoms with Crippen LogP contribution in [0.15, 0.2) is 97.2 Å². The fourth-order valence-electron chi connectivity index (χ4n) is 8.48. The number of nitrogens with zero attached hydrogens (tertiary/aromatic N) is 4. The van der Waals surface area contributed by atoms with Crippen LogP contribution in [0.25, 0.3) is 16.7 Å². The van der Waals surface area contributed by atoms with Crippen molar-refractivity contribution in [2.24, 2.45) is 12.5 Å². The van der Waals surface area contributed by atoms with Crippen LogP contribution in [0.2, 0.25) is 0 Å². The van der Waals surface area contributed by atoms with E-state index in [0.717, 1.165) is 44.4 Å². The first-order chi connectivity index (χ1) is 24.0. The van der Waals surface area contributed by atoms with Crippen LogP contribution in [0.4, 0.5) is 17.2 Å². The van der Waals surface area contributed by atoms with Crippen LogP contribution in [0.5, 0.6) is 11.5 Å². The molecule has 0 fully saturated rings. The van der Waals surface area contributed by atoms with Gasteiger partial charge in [0.1, 0.15) is 0 Å². The Bertz CT molecular complexity index is 2440. The zero-order valence-electron chi connectivity index (χ0n) is 31.5. The molecule has 0 saturated heterocycles. The van der Waals surface area contributed by atoms with Crippen molar-refractivity contribution < 1.29 is 24.1 Å². The molecule has 0 unspecified atom stereocenters. The fourth-order valence-corrected chi connectivity index (χ4v) is 9.32. The first kappa shape index (κ1) is 33.9. The average Bonchev–Trinajstić information content (AvgIpc) is 3.40. The summed E-state index contributed by atoms with van der Waals surface area (Å²) in [5.74, 6) is 2.54. The van der Waals surface area contributed by atoms with E-state index in [1.54, 1.807) is 0 Å². The molecule has 1 aliphatic heterocycles. The summed E-state index contributed by atoms with van der Waals surface area (Å²) < 4.78 is 12.4. The van der Waals surface area contributed by atoms with Crippen molar-refractivity contribution in [1.82, 2.24) is 14.1 Å². The van der Waals surface area contributed by atoms with E-state index >= 15 is 0 Å². The molecule has 264 valence electrons. The van der Waals surface area contributed by atoms with E-state index in [9.17, 15) is 0 Å². The molecule has 0 radical (unpaired) electrons. The van der Waals surface area contributed by atoms with E-state index in [4.69, 9.17) is 9.72 Å². The molecular weight excluding hydrogens is 808 g/mol. The van der Waals surface area contributed by atoms with E-state index in [2.05, 4.69) is 188 Å². The van der Waals surface area contributed by atoms with E-state index in [-0.39, 0.29) is 21.7 Å². The Morgan fingerprint density at radius 2 is 1.45 bits per heavy atom. The Morgan fingerprint density at radius 3 is 2.20 bits per heavy atom. The van der Waals surface area contributed by atoms with Gasteiger partial charge in [0.15, 0.2) is 0 Å². The number of para-hydroxylation sites is 2. The third-order valence-corrected chi connectivity index (χ3v) is 13.9. The third-order valence-electron chi connectivity index (χ3n) is 12.6. The molecule has 0 saturated carbocycles. The van der Waals surface area contributed by atoms with Crippen LogP contribution in [-0.2, 0) is 49.1 Å². The van der Waals surface area contributed by atoms with E-state index in [0.29, 0.717) is 0 Å². The predicted octanol–water partition coefficient (Wildman–Crippen LogP) is 11.5. The van der Waals surface area contributed by atoms with Gasteiger partial charge in [0.25, 0.3) is 0 Å². The SMILES string of the molecule is Cn1[c](=[Pt])n(-c2cccc(Oc3ccc4c(c3)N(c3cc(C(C)(C)C)ccn3)c3c(ccc5c3C(C)(C)C(C)(C)C5(C)C)C4)c2)c2ccccc21. The third kappa shape index (κ3) is 4.98. The summed E-state index contributed by atoms with van der Waals surface area (Å²) in [6.45, 7) is 21.4. The molecule has 6 heteroatoms. The average molecular weight is 856 g/mol. The normalized spacial score (nSPS) is 16.9. The fraction of sp³-hybridized carbons (Fsp3) is 0.333. The molecule has 2 aromatic heterocycles. The van der Waals surface area contributed by atoms with Gasteiger partial charge in [0.05, 0.1) is 0 Å². The maximum absolute atomic E-state index is 6.75. The first-order valence-corrected chi connectivity index (χ1v) is 19.1. The summed E-state index contributed by atoms with van der Waals surface area (Å²) >= 11 is 2.41. The molecular formula is C45H48N4OPt. The van der Waals surface area contributed by atoms with Gasteiger partial charge in [-0.05, 0) is 38.9 Å². The zero-order valence-corrected chi connectivity index (χ0v) is 33.7. The summed E-state index contributed by atoms with van der Waals surface area (Å²) in [6, 6.07) is 32.7. The van der Waals surface area contributed by atoms with Gasteiger partial charge >= 0.3 is 195 Å². The number of fused-ring (bicyclic) bond motifs is 5. The number of anilines is 3. The van der Waals surface area contributed by atoms with Gasteiger partial charge in [-0.25, -0.2) is 0 Å². The van der Waals surface area contributed by atoms with Crippen molar-refractivity contribution in [3.8, 4) is 17.2 Å². The Kier molecular flexibility index (Phi) is 7.57. The zero-order chi connectivity index (χ0) is 36.2. The van der Waals surface area contributed by atoms with Gasteiger partial charge in [0, 0.05) is 6.20 Å². The minimum absolute atomic E-state index is 0.0105. The van der Waals surface area contributed by atoms with Crippen molar-refractivity contribution in [2.45, 2.75) is 85.0 Å². The number of ether oxygens (including phenoxy) is 1. The standard InChI is InChI=1S/C45H48N4O.Pt/c1-42(2,3)31-22-23-46-39(25-31)49-38-27-34(50-33-15-13-14-32(26-33)48-28-47(10)36-16-11-12-17-37(36)48)20-18-29(38)24-30-19-21-35-40(41(30)49)44(6,7)45(8,9)43(35,4)5;/h11-23,25-27H,24H2,1-10H3;. The number of imidazole rings is 1. The Balaban J connectivity index is 1.28. The second kappa shape index (κ2) is 11.4. The summed E-state index contributed by atoms with van der Waals surface area (Å²) in [4.78, 5) is 7.54. The van der Waals surface area contributed by atoms with Crippen LogP contribution in [0.1, 0.15) is 90.1 Å². The quantitative estimate of drug-likeness (QED) is 0.177. The number of hydrogen-bond donors (Lipinski definition) is 0. The summed E-state index contributed by atoms with van der Waals surface area (Å²) in [5.41, 5.74) is 12.5. The molecule has 3 heterocycles. The van der Waals surface area contributed by atoms with E-state index < -0.39 is 0 Å². The van der Waals surface area contributed by atoms with Gasteiger partial charge in [-0.15, -0.1) is 0 Å². The summed E-state index contributed by atoms with van der Waals surface area (Å²) in [6.07, 6.45) is 2.83. The topological polar surface area (TPSA) is 35.2 Å². The number of aryl methyl sites for hydroxylation is 1. The number of hydrogen-bond acceptors (Lipinski definition) is 3. The van der Waals surface area contributed by atoms with E-state index in [1.807, 2.05) is 12.3 Å². The van der Waals surface area contributed by atoms with Crippen LogP contribution in [-0.4, -0.2) is 14.1 Å². The molecule has 0 spiro atoms. The van der Waals surface area contributed by atoms with Gasteiger partial charge < -0.3 is 0 Å². The van der Waals surface area contributed by atoms with Gasteiger partial charge in [-0.2, -0.15) is 0 Å². The number of benzene rings is 4. The molecule has 2 aliphatic rings. The second-order valence-electron chi connectivity index (χ2n) is 17.1. The minimum atomic E-state index is -0.0834. The second-order valence-corrected chi connectivity index (χ2v) is 18.1. The van der Waals surface area contributed by atoms with Crippen molar-refractivity contribution in [1.29, 1.82) is 0 Å². The molecule has 0 atom stereocenters. The van der Waals surface area contributed by atoms with Gasteiger partial charge in [-0.3, -0.25) is 0 Å². The predicted molar refractivity (Wildman–Crippen MR) is 206 cm³/mol. The van der Waals surface area contributed by atoms with Crippen molar-refractivity contribution in [2.75, 3.05) is 4.90 Å². The molecule has 6 aromatic rings. The van der Waals surface area contributed by atoms with Crippen LogP contribution in [0.3, 0.4) is 0 Å². The van der Waals surface area contributed by atoms with Crippen LogP contribution >= 0.6 is 0 Å². The molecule has 1 aliphatic carbocycles. The molecule has 4 aromatic carbocycles. The van der Waals surface area contributed by atoms with Gasteiger partial charge in [0.2, 0.25) is 0 Å². The summed E-state index contributed by atoms with van der Waals surface area (Å²) in [7, 11) is 2.11. The van der Waals surface area contributed by atoms with Crippen molar-refractivity contribution in [3.05, 3.63) is 129 Å². The van der Waals surface area contributed by atoms with Crippen LogP contribution < -0.4 is 9.64 Å². The molecule has 5 nitrogen and oxygen atoms in total. The van der Waals surface area contributed by atoms with Crippen molar-refractivity contribution in [3.63, 3.8) is 0 Å². The number of rotatable bonds is 4. The van der Waals surface area contributed by atoms with Crippen LogP contribution in [0, 0.1) is 9.22 Å². The Hall–Kier alpha value is -4.21. The van der Waals surface area contributed by atoms with Crippen molar-refractivity contribution >= 4 is 28.2 Å². The molecule has 0 N–H and O–H groups in total. The molecule has 0 bridgehead atoms. The maximum atomic E-state index is 6.75. The Labute approximate surface area is 313 Å². The van der Waals surface area contributed by atoms with Gasteiger partial charge in [-0.1, -0.05) is 74.4 Å². The van der Waals surface area contributed by atoms with E-state index in [1.165, 1.54) is 39.0 Å². The molecule has 51 heavy (non-hydrogen) atoms. The summed E-state index contributed by atoms with van der Waals surface area (Å²) in [5, 5.41) is 0. The Morgan fingerprint density at radius 1 is 0.745 bits per heavy atom. The molecule has 8 rings (SSSR count). The first-order valence-electron chi connectivity index (χ1n) is 18.0.